The van der Waals surface area contributed by atoms with E-state index in [4.69, 9.17) is 0 Å². The Balaban J connectivity index is 1.57. The van der Waals surface area contributed by atoms with Gasteiger partial charge in [0, 0.05) is 24.5 Å². The highest BCUT2D eigenvalue weighted by Crippen LogP contribution is 2.28. The maximum atomic E-state index is 4.41. The first kappa shape index (κ1) is 13.7. The zero-order chi connectivity index (χ0) is 14.9. The van der Waals surface area contributed by atoms with Crippen molar-refractivity contribution in [3.05, 3.63) is 52.2 Å². The maximum Gasteiger partial charge on any atom is 0.138 e. The van der Waals surface area contributed by atoms with E-state index in [2.05, 4.69) is 51.8 Å². The van der Waals surface area contributed by atoms with E-state index in [0.717, 1.165) is 42.1 Å². The van der Waals surface area contributed by atoms with Gasteiger partial charge in [0.1, 0.15) is 17.0 Å². The van der Waals surface area contributed by atoms with Crippen LogP contribution in [0.15, 0.2) is 30.6 Å². The summed E-state index contributed by atoms with van der Waals surface area (Å²) in [5, 5.41) is 7.98. The van der Waals surface area contributed by atoms with Gasteiger partial charge < -0.3 is 10.6 Å². The molecule has 3 aromatic rings. The van der Waals surface area contributed by atoms with Gasteiger partial charge in [0.15, 0.2) is 0 Å². The molecule has 112 valence electrons. The number of aromatic nitrogens is 2. The lowest BCUT2D eigenvalue weighted by atomic mass is 10.1. The summed E-state index contributed by atoms with van der Waals surface area (Å²) in [4.78, 5) is 11.2. The lowest BCUT2D eigenvalue weighted by molar-refractivity contribution is 0.764. The summed E-state index contributed by atoms with van der Waals surface area (Å²) in [5.74, 6) is 0.930. The van der Waals surface area contributed by atoms with Crippen LogP contribution in [0.25, 0.3) is 10.2 Å². The average molecular weight is 310 g/mol. The third-order valence-electron chi connectivity index (χ3n) is 4.09. The number of thiophene rings is 1. The number of benzene rings is 1. The Morgan fingerprint density at radius 1 is 1.18 bits per heavy atom. The van der Waals surface area contributed by atoms with Gasteiger partial charge in [-0.2, -0.15) is 0 Å². The molecule has 0 unspecified atom stereocenters. The van der Waals surface area contributed by atoms with E-state index in [-0.39, 0.29) is 0 Å². The van der Waals surface area contributed by atoms with E-state index in [1.807, 2.05) is 0 Å². The van der Waals surface area contributed by atoms with Crippen molar-refractivity contribution in [2.45, 2.75) is 33.0 Å². The van der Waals surface area contributed by atoms with E-state index < -0.39 is 0 Å². The molecule has 22 heavy (non-hydrogen) atoms. The number of hydrogen-bond donors (Lipinski definition) is 2. The molecular weight excluding hydrogens is 292 g/mol. The van der Waals surface area contributed by atoms with Crippen molar-refractivity contribution < 1.29 is 0 Å². The van der Waals surface area contributed by atoms with Crippen molar-refractivity contribution in [3.63, 3.8) is 0 Å². The number of fused-ring (bicyclic) bond motifs is 2. The number of rotatable bonds is 4. The molecule has 5 heteroatoms. The normalized spacial score (nSPS) is 13.5. The predicted octanol–water partition coefficient (Wildman–Crippen LogP) is 3.47. The smallest absolute Gasteiger partial charge is 0.138 e. The molecule has 1 aliphatic rings. The zero-order valence-electron chi connectivity index (χ0n) is 12.5. The van der Waals surface area contributed by atoms with Crippen molar-refractivity contribution in [2.75, 3.05) is 5.32 Å². The molecule has 2 N–H and O–H groups in total. The van der Waals surface area contributed by atoms with Crippen LogP contribution in [0, 0.1) is 0 Å². The summed E-state index contributed by atoms with van der Waals surface area (Å²) in [6, 6.07) is 8.91. The van der Waals surface area contributed by atoms with Crippen molar-refractivity contribution in [3.8, 4) is 0 Å². The van der Waals surface area contributed by atoms with E-state index in [9.17, 15) is 0 Å². The van der Waals surface area contributed by atoms with Crippen LogP contribution in [0.3, 0.4) is 0 Å². The van der Waals surface area contributed by atoms with Crippen LogP contribution in [0.4, 0.5) is 5.82 Å². The number of anilines is 1. The second-order valence-corrected chi connectivity index (χ2v) is 6.68. The summed E-state index contributed by atoms with van der Waals surface area (Å²) in [6.07, 6.45) is 2.69. The Morgan fingerprint density at radius 2 is 2.09 bits per heavy atom. The minimum absolute atomic E-state index is 0.788. The van der Waals surface area contributed by atoms with E-state index in [0.29, 0.717) is 0 Å². The van der Waals surface area contributed by atoms with Gasteiger partial charge >= 0.3 is 0 Å². The fourth-order valence-corrected chi connectivity index (χ4v) is 3.80. The molecule has 0 spiro atoms. The molecule has 0 bridgehead atoms. The molecule has 0 saturated heterocycles. The molecule has 0 fully saturated rings. The van der Waals surface area contributed by atoms with Crippen LogP contribution in [0.5, 0.6) is 0 Å². The van der Waals surface area contributed by atoms with Gasteiger partial charge in [-0.15, -0.1) is 11.3 Å². The van der Waals surface area contributed by atoms with Gasteiger partial charge in [0.2, 0.25) is 0 Å². The molecule has 4 nitrogen and oxygen atoms in total. The quantitative estimate of drug-likeness (QED) is 0.775. The topological polar surface area (TPSA) is 49.8 Å². The molecule has 1 aliphatic heterocycles. The standard InChI is InChI=1S/C17H18N4S/c1-2-14-6-15-16(20-10-21-17(15)22-14)19-7-11-3-4-12-8-18-9-13(12)5-11/h3-6,10,18H,2,7-9H2,1H3,(H,19,20,21). The number of hydrogen-bond acceptors (Lipinski definition) is 5. The van der Waals surface area contributed by atoms with Crippen LogP contribution in [0.2, 0.25) is 0 Å². The van der Waals surface area contributed by atoms with Gasteiger partial charge in [0.05, 0.1) is 5.39 Å². The fourth-order valence-electron chi connectivity index (χ4n) is 2.86. The number of nitrogens with one attached hydrogen (secondary N) is 2. The van der Waals surface area contributed by atoms with E-state index >= 15 is 0 Å². The van der Waals surface area contributed by atoms with Crippen molar-refractivity contribution >= 4 is 27.4 Å². The monoisotopic (exact) mass is 310 g/mol. The Labute approximate surface area is 133 Å². The zero-order valence-corrected chi connectivity index (χ0v) is 13.3. The van der Waals surface area contributed by atoms with Crippen molar-refractivity contribution in [2.24, 2.45) is 0 Å². The van der Waals surface area contributed by atoms with Crippen LogP contribution in [-0.4, -0.2) is 9.97 Å². The second kappa shape index (κ2) is 5.66. The van der Waals surface area contributed by atoms with Crippen molar-refractivity contribution in [1.29, 1.82) is 0 Å². The Bertz CT molecular complexity index is 825. The SMILES string of the molecule is CCc1cc2c(NCc3ccc4c(c3)CNC4)ncnc2s1. The van der Waals surface area contributed by atoms with Crippen LogP contribution in [0.1, 0.15) is 28.5 Å². The van der Waals surface area contributed by atoms with Crippen LogP contribution in [-0.2, 0) is 26.1 Å². The highest BCUT2D eigenvalue weighted by Gasteiger charge is 2.11. The van der Waals surface area contributed by atoms with Gasteiger partial charge in [0.25, 0.3) is 0 Å². The van der Waals surface area contributed by atoms with E-state index in [1.165, 1.54) is 21.6 Å². The summed E-state index contributed by atoms with van der Waals surface area (Å²) < 4.78 is 0. The second-order valence-electron chi connectivity index (χ2n) is 5.57. The van der Waals surface area contributed by atoms with Gasteiger partial charge in [-0.25, -0.2) is 9.97 Å². The highest BCUT2D eigenvalue weighted by molar-refractivity contribution is 7.18. The first-order chi connectivity index (χ1) is 10.8. The molecule has 1 aromatic carbocycles. The molecule has 0 amide bonds. The first-order valence-corrected chi connectivity index (χ1v) is 8.44. The van der Waals surface area contributed by atoms with E-state index in [1.54, 1.807) is 17.7 Å². The fraction of sp³-hybridized carbons (Fsp3) is 0.294. The minimum Gasteiger partial charge on any atom is -0.365 e. The average Bonchev–Trinajstić information content (AvgIpc) is 3.18. The third-order valence-corrected chi connectivity index (χ3v) is 5.28. The minimum atomic E-state index is 0.788. The summed E-state index contributed by atoms with van der Waals surface area (Å²) in [6.45, 7) is 4.93. The Kier molecular flexibility index (Phi) is 3.52. The first-order valence-electron chi connectivity index (χ1n) is 7.62. The molecule has 0 saturated carbocycles. The van der Waals surface area contributed by atoms with Gasteiger partial charge in [-0.1, -0.05) is 25.1 Å². The molecule has 0 atom stereocenters. The van der Waals surface area contributed by atoms with Gasteiger partial charge in [-0.3, -0.25) is 0 Å². The molecule has 4 rings (SSSR count). The molecular formula is C17H18N4S. The predicted molar refractivity (Wildman–Crippen MR) is 91.1 cm³/mol. The largest absolute Gasteiger partial charge is 0.365 e. The molecule has 0 radical (unpaired) electrons. The maximum absolute atomic E-state index is 4.41. The highest BCUT2D eigenvalue weighted by atomic mass is 32.1. The lowest BCUT2D eigenvalue weighted by Gasteiger charge is -2.08. The molecule has 2 aromatic heterocycles. The molecule has 0 aliphatic carbocycles. The summed E-state index contributed by atoms with van der Waals surface area (Å²) in [5.41, 5.74) is 4.12. The van der Waals surface area contributed by atoms with Gasteiger partial charge in [-0.05, 0) is 29.2 Å². The molecule has 3 heterocycles. The van der Waals surface area contributed by atoms with Crippen molar-refractivity contribution in [1.82, 2.24) is 15.3 Å². The Hall–Kier alpha value is -1.98. The number of nitrogens with zero attached hydrogens (tertiary/aromatic N) is 2. The summed E-state index contributed by atoms with van der Waals surface area (Å²) >= 11 is 1.75. The third kappa shape index (κ3) is 2.46. The van der Waals surface area contributed by atoms with Crippen LogP contribution < -0.4 is 10.6 Å². The Morgan fingerprint density at radius 3 is 3.00 bits per heavy atom. The number of aryl methyl sites for hydroxylation is 1. The lowest BCUT2D eigenvalue weighted by Crippen LogP contribution is -2.02. The summed E-state index contributed by atoms with van der Waals surface area (Å²) in [7, 11) is 0. The van der Waals surface area contributed by atoms with Crippen LogP contribution >= 0.6 is 11.3 Å².